The van der Waals surface area contributed by atoms with E-state index in [-0.39, 0.29) is 5.56 Å². The molecule has 2 aliphatic rings. The second-order valence-electron chi connectivity index (χ2n) is 6.36. The molecule has 0 saturated carbocycles. The fourth-order valence-corrected chi connectivity index (χ4v) is 3.57. The normalized spacial score (nSPS) is 17.8. The SMILES string of the molecule is CC1=CC=[N+]2C1=C(c1ccc(C(=O)O)cc1)c1c(C)ccn1[B-]2(F)F. The molecule has 126 valence electrons. The van der Waals surface area contributed by atoms with Crippen molar-refractivity contribution in [3.05, 3.63) is 76.3 Å². The van der Waals surface area contributed by atoms with E-state index < -0.39 is 12.9 Å². The average Bonchev–Trinajstić information content (AvgIpc) is 3.14. The molecule has 0 saturated heterocycles. The predicted molar refractivity (Wildman–Crippen MR) is 92.0 cm³/mol. The summed E-state index contributed by atoms with van der Waals surface area (Å²) in [7, 11) is 0. The zero-order valence-corrected chi connectivity index (χ0v) is 13.7. The van der Waals surface area contributed by atoms with Crippen molar-refractivity contribution in [3.8, 4) is 0 Å². The number of carbonyl (C=O) groups is 1. The summed E-state index contributed by atoms with van der Waals surface area (Å²) in [6.45, 7) is -0.346. The van der Waals surface area contributed by atoms with Gasteiger partial charge in [-0.3, -0.25) is 0 Å². The van der Waals surface area contributed by atoms with Crippen LogP contribution in [0, 0.1) is 6.92 Å². The molecule has 1 N–H and O–H groups in total. The van der Waals surface area contributed by atoms with Crippen molar-refractivity contribution in [3.63, 3.8) is 0 Å². The molecule has 0 radical (unpaired) electrons. The van der Waals surface area contributed by atoms with Gasteiger partial charge in [0.05, 0.1) is 11.1 Å². The number of hydrogen-bond acceptors (Lipinski definition) is 1. The molecule has 25 heavy (non-hydrogen) atoms. The molecular weight excluding hydrogens is 325 g/mol. The summed E-state index contributed by atoms with van der Waals surface area (Å²) < 4.78 is 32.0. The number of aromatic nitrogens is 1. The lowest BCUT2D eigenvalue weighted by Gasteiger charge is -2.32. The van der Waals surface area contributed by atoms with Crippen molar-refractivity contribution in [1.29, 1.82) is 0 Å². The second kappa shape index (κ2) is 5.02. The van der Waals surface area contributed by atoms with E-state index in [0.717, 1.165) is 20.1 Å². The Labute approximate surface area is 143 Å². The second-order valence-corrected chi connectivity index (χ2v) is 6.36. The maximum atomic E-state index is 15.0. The lowest BCUT2D eigenvalue weighted by atomic mass is 9.84. The highest BCUT2D eigenvalue weighted by Gasteiger charge is 2.53. The van der Waals surface area contributed by atoms with Crippen LogP contribution in [0.2, 0.25) is 0 Å². The van der Waals surface area contributed by atoms with E-state index in [1.54, 1.807) is 38.1 Å². The van der Waals surface area contributed by atoms with Crippen molar-refractivity contribution in [2.24, 2.45) is 0 Å². The van der Waals surface area contributed by atoms with E-state index in [9.17, 15) is 13.4 Å². The molecule has 4 nitrogen and oxygen atoms in total. The van der Waals surface area contributed by atoms with Gasteiger partial charge in [0.2, 0.25) is 0 Å². The third-order valence-electron chi connectivity index (χ3n) is 4.80. The van der Waals surface area contributed by atoms with Crippen LogP contribution in [0.25, 0.3) is 5.57 Å². The lowest BCUT2D eigenvalue weighted by molar-refractivity contribution is -0.357. The summed E-state index contributed by atoms with van der Waals surface area (Å²) >= 11 is 0. The highest BCUT2D eigenvalue weighted by molar-refractivity contribution is 6.57. The average molecular weight is 340 g/mol. The molecular formula is C18H15BF2N2O2. The van der Waals surface area contributed by atoms with Gasteiger partial charge >= 0.3 is 12.9 Å². The Bertz CT molecular complexity index is 1010. The number of carboxylic acid groups (broad SMARTS) is 1. The quantitative estimate of drug-likeness (QED) is 0.850. The molecule has 0 spiro atoms. The number of benzene rings is 1. The number of rotatable bonds is 2. The van der Waals surface area contributed by atoms with Gasteiger partial charge in [0.25, 0.3) is 0 Å². The minimum atomic E-state index is -3.95. The summed E-state index contributed by atoms with van der Waals surface area (Å²) in [6.07, 6.45) is 4.50. The van der Waals surface area contributed by atoms with E-state index in [2.05, 4.69) is 0 Å². The summed E-state index contributed by atoms with van der Waals surface area (Å²) in [6, 6.07) is 8.01. The van der Waals surface area contributed by atoms with Gasteiger partial charge in [0.1, 0.15) is 6.21 Å². The Hall–Kier alpha value is -2.96. The Morgan fingerprint density at radius 1 is 1.16 bits per heavy atom. The predicted octanol–water partition coefficient (Wildman–Crippen LogP) is 3.53. The standard InChI is InChI=1S/C18H15BF2N2O2/c1-11-7-9-22-16(11)15(13-3-5-14(6-4-13)18(24)25)17-12(2)8-10-23(17)19(22,20)21/h3-10H,1-2H3,(H,24,25). The van der Waals surface area contributed by atoms with Crippen molar-refractivity contribution in [2.45, 2.75) is 13.8 Å². The summed E-state index contributed by atoms with van der Waals surface area (Å²) in [5, 5.41) is 9.08. The Morgan fingerprint density at radius 3 is 2.48 bits per heavy atom. The number of allylic oxidation sites excluding steroid dienone is 2. The highest BCUT2D eigenvalue weighted by atomic mass is 19.2. The molecule has 2 aliphatic heterocycles. The smallest absolute Gasteiger partial charge is 0.478 e. The molecule has 0 atom stereocenters. The molecule has 0 fully saturated rings. The molecule has 0 unspecified atom stereocenters. The zero-order chi connectivity index (χ0) is 17.9. The first-order valence-electron chi connectivity index (χ1n) is 7.91. The summed E-state index contributed by atoms with van der Waals surface area (Å²) in [5.74, 6) is -1.02. The van der Waals surface area contributed by atoms with Gasteiger partial charge in [-0.05, 0) is 49.4 Å². The van der Waals surface area contributed by atoms with Crippen LogP contribution in [0.5, 0.6) is 0 Å². The molecule has 2 aromatic rings. The van der Waals surface area contributed by atoms with E-state index in [1.165, 1.54) is 24.5 Å². The van der Waals surface area contributed by atoms with Crippen molar-refractivity contribution >= 4 is 24.7 Å². The maximum Gasteiger partial charge on any atom is 0.737 e. The Kier molecular flexibility index (Phi) is 3.13. The minimum Gasteiger partial charge on any atom is -0.478 e. The third kappa shape index (κ3) is 2.05. The summed E-state index contributed by atoms with van der Waals surface area (Å²) in [4.78, 5) is 11.1. The first kappa shape index (κ1) is 15.6. The molecule has 4 rings (SSSR count). The third-order valence-corrected chi connectivity index (χ3v) is 4.80. The number of halogens is 2. The zero-order valence-electron chi connectivity index (χ0n) is 13.7. The molecule has 0 aliphatic carbocycles. The van der Waals surface area contributed by atoms with Crippen LogP contribution >= 0.6 is 0 Å². The minimum absolute atomic E-state index is 0.161. The summed E-state index contributed by atoms with van der Waals surface area (Å²) in [5.41, 5.74) is 4.02. The van der Waals surface area contributed by atoms with Crippen LogP contribution in [0.15, 0.2) is 53.9 Å². The molecule has 7 heteroatoms. The maximum absolute atomic E-state index is 15.0. The number of aromatic carboxylic acids is 1. The van der Waals surface area contributed by atoms with E-state index in [4.69, 9.17) is 5.11 Å². The van der Waals surface area contributed by atoms with E-state index in [1.807, 2.05) is 0 Å². The largest absolute Gasteiger partial charge is 0.737 e. The first-order valence-corrected chi connectivity index (χ1v) is 7.91. The van der Waals surface area contributed by atoms with E-state index >= 15 is 0 Å². The van der Waals surface area contributed by atoms with Crippen molar-refractivity contribution in [2.75, 3.05) is 0 Å². The monoisotopic (exact) mass is 340 g/mol. The molecule has 0 amide bonds. The van der Waals surface area contributed by atoms with Gasteiger partial charge in [-0.25, -0.2) is 4.79 Å². The van der Waals surface area contributed by atoms with Crippen molar-refractivity contribution < 1.29 is 23.0 Å². The van der Waals surface area contributed by atoms with Crippen molar-refractivity contribution in [1.82, 2.24) is 4.48 Å². The van der Waals surface area contributed by atoms with Gasteiger partial charge in [0.15, 0.2) is 5.70 Å². The number of nitrogens with zero attached hydrogens (tertiary/aromatic N) is 2. The molecule has 1 aromatic heterocycles. The van der Waals surface area contributed by atoms with Crippen LogP contribution in [0.3, 0.4) is 0 Å². The lowest BCUT2D eigenvalue weighted by Crippen LogP contribution is -2.49. The number of fused-ring (bicyclic) bond motifs is 2. The first-order chi connectivity index (χ1) is 11.8. The fourth-order valence-electron chi connectivity index (χ4n) is 3.57. The molecule has 1 aromatic carbocycles. The van der Waals surface area contributed by atoms with Gasteiger partial charge in [0, 0.05) is 17.3 Å². The Balaban J connectivity index is 2.03. The van der Waals surface area contributed by atoms with Crippen LogP contribution in [-0.4, -0.2) is 33.2 Å². The van der Waals surface area contributed by atoms with Crippen LogP contribution < -0.4 is 0 Å². The number of carboxylic acids is 1. The Morgan fingerprint density at radius 2 is 1.84 bits per heavy atom. The van der Waals surface area contributed by atoms with Gasteiger partial charge < -0.3 is 22.7 Å². The van der Waals surface area contributed by atoms with Crippen LogP contribution in [0.1, 0.15) is 34.1 Å². The number of aryl methyl sites for hydroxylation is 1. The van der Waals surface area contributed by atoms with E-state index in [0.29, 0.717) is 22.5 Å². The fraction of sp³-hybridized carbons (Fsp3) is 0.111. The van der Waals surface area contributed by atoms with Gasteiger partial charge in [-0.1, -0.05) is 12.1 Å². The van der Waals surface area contributed by atoms with Crippen LogP contribution in [0.4, 0.5) is 8.63 Å². The molecule has 0 bridgehead atoms. The highest BCUT2D eigenvalue weighted by Crippen LogP contribution is 2.42. The molecule has 3 heterocycles. The van der Waals surface area contributed by atoms with Gasteiger partial charge in [-0.2, -0.15) is 0 Å². The topological polar surface area (TPSA) is 45.2 Å². The van der Waals surface area contributed by atoms with Crippen LogP contribution in [-0.2, 0) is 0 Å². The number of hydrogen-bond donors (Lipinski definition) is 1. The van der Waals surface area contributed by atoms with Gasteiger partial charge in [-0.15, -0.1) is 0 Å².